The second-order valence-electron chi connectivity index (χ2n) is 15.2. The summed E-state index contributed by atoms with van der Waals surface area (Å²) in [4.78, 5) is 0. The van der Waals surface area contributed by atoms with Gasteiger partial charge in [0.2, 0.25) is 0 Å². The number of para-hydroxylation sites is 2. The minimum atomic E-state index is 0.786. The molecule has 0 aliphatic carbocycles. The molecule has 8 nitrogen and oxygen atoms in total. The van der Waals surface area contributed by atoms with Gasteiger partial charge in [-0.05, 0) is 36.4 Å². The summed E-state index contributed by atoms with van der Waals surface area (Å²) < 4.78 is 9.41. The molecular formula is C52H32N8. The first-order valence-electron chi connectivity index (χ1n) is 20.1. The molecule has 280 valence electrons. The molecule has 0 spiro atoms. The number of hydrogen-bond acceptors (Lipinski definition) is 4. The fraction of sp³-hybridized carbons (Fsp3) is 0. The van der Waals surface area contributed by atoms with Gasteiger partial charge in [-0.2, -0.15) is 0 Å². The molecule has 13 rings (SSSR count). The molecule has 5 heterocycles. The van der Waals surface area contributed by atoms with E-state index in [4.69, 9.17) is 20.4 Å². The molecule has 0 fully saturated rings. The van der Waals surface area contributed by atoms with E-state index in [-0.39, 0.29) is 0 Å². The minimum Gasteiger partial charge on any atom is -0.305 e. The van der Waals surface area contributed by atoms with Gasteiger partial charge in [-0.25, -0.2) is 0 Å². The predicted molar refractivity (Wildman–Crippen MR) is 241 cm³/mol. The largest absolute Gasteiger partial charge is 0.305 e. The van der Waals surface area contributed by atoms with Gasteiger partial charge in [0.05, 0.1) is 44.5 Å². The Labute approximate surface area is 342 Å². The van der Waals surface area contributed by atoms with Crippen LogP contribution in [0.2, 0.25) is 0 Å². The van der Waals surface area contributed by atoms with E-state index < -0.39 is 0 Å². The zero-order chi connectivity index (χ0) is 39.3. The van der Waals surface area contributed by atoms with Crippen molar-refractivity contribution in [2.24, 2.45) is 0 Å². The van der Waals surface area contributed by atoms with E-state index in [1.807, 2.05) is 24.3 Å². The van der Waals surface area contributed by atoms with Gasteiger partial charge in [0.25, 0.3) is 0 Å². The van der Waals surface area contributed by atoms with Crippen LogP contribution < -0.4 is 0 Å². The van der Waals surface area contributed by atoms with Crippen LogP contribution in [-0.4, -0.2) is 38.3 Å². The maximum absolute atomic E-state index is 4.87. The summed E-state index contributed by atoms with van der Waals surface area (Å²) in [5.74, 6) is 3.14. The maximum atomic E-state index is 4.87. The minimum absolute atomic E-state index is 0.786. The Morgan fingerprint density at radius 2 is 0.567 bits per heavy atom. The summed E-state index contributed by atoms with van der Waals surface area (Å²) in [5.41, 5.74) is 12.7. The van der Waals surface area contributed by atoms with Crippen LogP contribution in [0.5, 0.6) is 0 Å². The highest BCUT2D eigenvalue weighted by Gasteiger charge is 2.28. The molecular weight excluding hydrogens is 737 g/mol. The number of benzene rings is 8. The maximum Gasteiger partial charge on any atom is 0.168 e. The highest BCUT2D eigenvalue weighted by molar-refractivity contribution is 6.25. The summed E-state index contributed by atoms with van der Waals surface area (Å²) >= 11 is 0. The molecule has 60 heavy (non-hydrogen) atoms. The summed E-state index contributed by atoms with van der Waals surface area (Å²) in [5, 5.41) is 24.1. The van der Waals surface area contributed by atoms with E-state index in [1.165, 1.54) is 0 Å². The Morgan fingerprint density at radius 3 is 0.900 bits per heavy atom. The van der Waals surface area contributed by atoms with Crippen molar-refractivity contribution in [1.82, 2.24) is 38.3 Å². The molecule has 0 saturated heterocycles. The smallest absolute Gasteiger partial charge is 0.168 e. The third kappa shape index (κ3) is 4.49. The van der Waals surface area contributed by atoms with Crippen molar-refractivity contribution in [3.05, 3.63) is 194 Å². The number of nitrogens with zero attached hydrogens (tertiary/aromatic N) is 8. The molecule has 13 aromatic rings. The van der Waals surface area contributed by atoms with E-state index in [0.717, 1.165) is 112 Å². The third-order valence-corrected chi connectivity index (χ3v) is 12.0. The van der Waals surface area contributed by atoms with Crippen LogP contribution in [-0.2, 0) is 0 Å². The van der Waals surface area contributed by atoms with Crippen LogP contribution >= 0.6 is 0 Å². The van der Waals surface area contributed by atoms with E-state index in [2.05, 4.69) is 188 Å². The molecule has 0 unspecified atom stereocenters. The number of hydrogen-bond donors (Lipinski definition) is 0. The summed E-state index contributed by atoms with van der Waals surface area (Å²) in [6.45, 7) is 0. The van der Waals surface area contributed by atoms with Gasteiger partial charge in [0.15, 0.2) is 23.3 Å². The van der Waals surface area contributed by atoms with Gasteiger partial charge in [-0.3, -0.25) is 9.13 Å². The van der Waals surface area contributed by atoms with E-state index in [9.17, 15) is 0 Å². The summed E-state index contributed by atoms with van der Waals surface area (Å²) in [6.07, 6.45) is 0. The highest BCUT2D eigenvalue weighted by atomic mass is 15.3. The summed E-state index contributed by atoms with van der Waals surface area (Å²) in [6, 6.07) is 68.0. The van der Waals surface area contributed by atoms with Gasteiger partial charge in [-0.15, -0.1) is 20.4 Å². The molecule has 0 N–H and O–H groups in total. The highest BCUT2D eigenvalue weighted by Crippen LogP contribution is 2.46. The Hall–Kier alpha value is -8.36. The molecule has 0 saturated carbocycles. The lowest BCUT2D eigenvalue weighted by atomic mass is 10.1. The number of fused-ring (bicyclic) bond motifs is 8. The van der Waals surface area contributed by atoms with Crippen LogP contribution in [0.15, 0.2) is 194 Å². The third-order valence-electron chi connectivity index (χ3n) is 12.0. The lowest BCUT2D eigenvalue weighted by Crippen LogP contribution is -2.04. The van der Waals surface area contributed by atoms with Crippen molar-refractivity contribution in [3.63, 3.8) is 0 Å². The fourth-order valence-electron chi connectivity index (χ4n) is 9.48. The first-order chi connectivity index (χ1) is 29.8. The van der Waals surface area contributed by atoms with Gasteiger partial charge < -0.3 is 8.80 Å². The van der Waals surface area contributed by atoms with Crippen molar-refractivity contribution in [2.45, 2.75) is 0 Å². The second-order valence-corrected chi connectivity index (χ2v) is 15.2. The fourth-order valence-corrected chi connectivity index (χ4v) is 9.48. The van der Waals surface area contributed by atoms with Crippen LogP contribution in [0.3, 0.4) is 0 Å². The molecule has 8 heteroatoms. The predicted octanol–water partition coefficient (Wildman–Crippen LogP) is 12.1. The zero-order valence-corrected chi connectivity index (χ0v) is 32.1. The van der Waals surface area contributed by atoms with Crippen molar-refractivity contribution in [3.8, 4) is 56.9 Å². The van der Waals surface area contributed by atoms with Crippen molar-refractivity contribution < 1.29 is 0 Å². The van der Waals surface area contributed by atoms with Gasteiger partial charge in [0.1, 0.15) is 0 Å². The Morgan fingerprint density at radius 1 is 0.267 bits per heavy atom. The molecule has 0 atom stereocenters. The molecule has 0 amide bonds. The molecule has 0 aliphatic rings. The standard InChI is InChI=1S/C52H32N8/c1-5-17-33(18-6-1)49-53-54-50(34-19-7-2-8-20-34)59(49)41-29-31-43-47-45(41)37-25-13-15-27-39(37)57(47)44-32-30-42(46-38-26-14-16-28-40(38)58(43)48(44)46)60-51(35-21-9-3-10-22-35)55-56-52(60)36-23-11-4-12-24-36/h1-32H. The quantitative estimate of drug-likeness (QED) is 0.158. The molecule has 0 aliphatic heterocycles. The Bertz CT molecular complexity index is 3380. The normalized spacial score (nSPS) is 12.0. The Balaban J connectivity index is 1.19. The molecule has 0 radical (unpaired) electrons. The van der Waals surface area contributed by atoms with E-state index in [0.29, 0.717) is 0 Å². The van der Waals surface area contributed by atoms with E-state index >= 15 is 0 Å². The SMILES string of the molecule is c1ccc(-c2nnc(-c3ccccc3)n2-c2ccc3c4c2c2ccccc2n4c2ccc(-n4c(-c5ccccc5)nnc4-c4ccccc4)c4c5ccccc5n3c42)cc1. The zero-order valence-electron chi connectivity index (χ0n) is 32.1. The molecule has 0 bridgehead atoms. The van der Waals surface area contributed by atoms with Crippen LogP contribution in [0.25, 0.3) is 112 Å². The lowest BCUT2D eigenvalue weighted by molar-refractivity contribution is 1.08. The van der Waals surface area contributed by atoms with Crippen LogP contribution in [0, 0.1) is 0 Å². The number of aromatic nitrogens is 8. The first kappa shape index (κ1) is 32.7. The average Bonchev–Trinajstić information content (AvgIpc) is 4.12. The van der Waals surface area contributed by atoms with Gasteiger partial charge in [-0.1, -0.05) is 158 Å². The molecule has 8 aromatic carbocycles. The number of rotatable bonds is 6. The average molecular weight is 769 g/mol. The van der Waals surface area contributed by atoms with E-state index in [1.54, 1.807) is 0 Å². The van der Waals surface area contributed by atoms with Crippen LogP contribution in [0.4, 0.5) is 0 Å². The first-order valence-corrected chi connectivity index (χ1v) is 20.1. The van der Waals surface area contributed by atoms with Gasteiger partial charge >= 0.3 is 0 Å². The van der Waals surface area contributed by atoms with Gasteiger partial charge in [0, 0.05) is 43.8 Å². The monoisotopic (exact) mass is 768 g/mol. The Kier molecular flexibility index (Phi) is 6.85. The van der Waals surface area contributed by atoms with Crippen LogP contribution in [0.1, 0.15) is 0 Å². The van der Waals surface area contributed by atoms with Crippen molar-refractivity contribution in [1.29, 1.82) is 0 Å². The molecule has 5 aromatic heterocycles. The topological polar surface area (TPSA) is 70.2 Å². The summed E-state index contributed by atoms with van der Waals surface area (Å²) in [7, 11) is 0. The van der Waals surface area contributed by atoms with Crippen molar-refractivity contribution in [2.75, 3.05) is 0 Å². The van der Waals surface area contributed by atoms with Crippen molar-refractivity contribution >= 4 is 54.6 Å². The lowest BCUT2D eigenvalue weighted by Gasteiger charge is -2.17. The second kappa shape index (κ2) is 12.6.